The summed E-state index contributed by atoms with van der Waals surface area (Å²) in [6, 6.07) is 8.40. The molecule has 9 nitrogen and oxygen atoms in total. The highest BCUT2D eigenvalue weighted by atomic mass is 35.5. The SMILES string of the molecule is COC(=O)CCNS(=O)(=O)c1ccc(CS(=O)(=O)c2nc3cc(Cl)c(Cl)cc3nc2C(C)C)cc1. The highest BCUT2D eigenvalue weighted by Crippen LogP contribution is 2.30. The van der Waals surface area contributed by atoms with Gasteiger partial charge >= 0.3 is 5.97 Å². The lowest BCUT2D eigenvalue weighted by molar-refractivity contribution is -0.140. The van der Waals surface area contributed by atoms with Gasteiger partial charge in [0.05, 0.1) is 51.0 Å². The molecular formula is C22H23Cl2N3O6S2. The van der Waals surface area contributed by atoms with E-state index in [0.29, 0.717) is 22.3 Å². The zero-order chi connectivity index (χ0) is 26.0. The van der Waals surface area contributed by atoms with Crippen molar-refractivity contribution in [2.75, 3.05) is 13.7 Å². The molecule has 0 aliphatic carbocycles. The number of rotatable bonds is 9. The minimum Gasteiger partial charge on any atom is -0.469 e. The minimum absolute atomic E-state index is 0.0663. The van der Waals surface area contributed by atoms with E-state index in [9.17, 15) is 21.6 Å². The van der Waals surface area contributed by atoms with Crippen molar-refractivity contribution < 1.29 is 26.4 Å². The third-order valence-corrected chi connectivity index (χ3v) is 8.78. The van der Waals surface area contributed by atoms with E-state index in [4.69, 9.17) is 23.2 Å². The highest BCUT2D eigenvalue weighted by Gasteiger charge is 2.26. The van der Waals surface area contributed by atoms with Crippen molar-refractivity contribution in [2.45, 2.75) is 41.9 Å². The summed E-state index contributed by atoms with van der Waals surface area (Å²) in [5, 5.41) is 0.347. The monoisotopic (exact) mass is 559 g/mol. The van der Waals surface area contributed by atoms with Crippen LogP contribution in [0.5, 0.6) is 0 Å². The van der Waals surface area contributed by atoms with Crippen molar-refractivity contribution in [3.8, 4) is 0 Å². The summed E-state index contributed by atoms with van der Waals surface area (Å²) < 4.78 is 58.2. The van der Waals surface area contributed by atoms with E-state index >= 15 is 0 Å². The molecule has 0 unspecified atom stereocenters. The number of fused-ring (bicyclic) bond motifs is 1. The number of methoxy groups -OCH3 is 1. The quantitative estimate of drug-likeness (QED) is 0.390. The Morgan fingerprint density at radius 2 is 1.57 bits per heavy atom. The smallest absolute Gasteiger partial charge is 0.306 e. The number of halogens is 2. The first kappa shape index (κ1) is 27.3. The number of carbonyl (C=O) groups is 1. The van der Waals surface area contributed by atoms with Crippen LogP contribution >= 0.6 is 23.2 Å². The molecule has 188 valence electrons. The first-order valence-corrected chi connectivity index (χ1v) is 14.3. The maximum atomic E-state index is 13.3. The van der Waals surface area contributed by atoms with E-state index in [0.717, 1.165) is 0 Å². The molecule has 0 fully saturated rings. The first-order valence-electron chi connectivity index (χ1n) is 10.4. The van der Waals surface area contributed by atoms with Crippen LogP contribution in [0.15, 0.2) is 46.3 Å². The van der Waals surface area contributed by atoms with Gasteiger partial charge in [-0.25, -0.2) is 31.5 Å². The summed E-state index contributed by atoms with van der Waals surface area (Å²) in [6.45, 7) is 3.48. The molecule has 0 saturated heterocycles. The summed E-state index contributed by atoms with van der Waals surface area (Å²) in [4.78, 5) is 19.9. The summed E-state index contributed by atoms with van der Waals surface area (Å²) in [7, 11) is -6.61. The van der Waals surface area contributed by atoms with Crippen LogP contribution < -0.4 is 4.72 Å². The van der Waals surface area contributed by atoms with E-state index in [1.165, 1.54) is 43.5 Å². The fourth-order valence-corrected chi connectivity index (χ4v) is 6.13. The second kappa shape index (κ2) is 10.8. The van der Waals surface area contributed by atoms with Gasteiger partial charge in [0.1, 0.15) is 0 Å². The lowest BCUT2D eigenvalue weighted by atomic mass is 10.1. The van der Waals surface area contributed by atoms with E-state index in [1.807, 2.05) is 0 Å². The summed E-state index contributed by atoms with van der Waals surface area (Å²) in [5.41, 5.74) is 1.38. The van der Waals surface area contributed by atoms with Crippen molar-refractivity contribution in [1.29, 1.82) is 0 Å². The van der Waals surface area contributed by atoms with Crippen LogP contribution in [0.3, 0.4) is 0 Å². The van der Waals surface area contributed by atoms with Crippen molar-refractivity contribution >= 4 is 60.1 Å². The predicted octanol–water partition coefficient (Wildman–Crippen LogP) is 3.88. The first-order chi connectivity index (χ1) is 16.3. The van der Waals surface area contributed by atoms with Gasteiger partial charge in [0, 0.05) is 6.54 Å². The molecule has 13 heteroatoms. The van der Waals surface area contributed by atoms with E-state index in [-0.39, 0.29) is 38.9 Å². The molecule has 3 rings (SSSR count). The van der Waals surface area contributed by atoms with Crippen LogP contribution in [0.2, 0.25) is 10.0 Å². The van der Waals surface area contributed by atoms with Gasteiger partial charge in [0.25, 0.3) is 0 Å². The number of aromatic nitrogens is 2. The van der Waals surface area contributed by atoms with Crippen LogP contribution in [0.1, 0.15) is 37.4 Å². The molecule has 1 N–H and O–H groups in total. The Balaban J connectivity index is 1.88. The van der Waals surface area contributed by atoms with Crippen LogP contribution in [0, 0.1) is 0 Å². The Hall–Kier alpha value is -2.31. The maximum Gasteiger partial charge on any atom is 0.306 e. The Kier molecular flexibility index (Phi) is 8.38. The van der Waals surface area contributed by atoms with Crippen molar-refractivity contribution in [3.63, 3.8) is 0 Å². The van der Waals surface area contributed by atoms with E-state index in [1.54, 1.807) is 13.8 Å². The number of ether oxygens (including phenoxy) is 1. The number of nitrogens with zero attached hydrogens (tertiary/aromatic N) is 2. The molecule has 35 heavy (non-hydrogen) atoms. The molecule has 3 aromatic rings. The zero-order valence-corrected chi connectivity index (χ0v) is 22.2. The van der Waals surface area contributed by atoms with Crippen molar-refractivity contribution in [3.05, 3.63) is 57.7 Å². The lowest BCUT2D eigenvalue weighted by Crippen LogP contribution is -2.26. The number of hydrogen-bond donors (Lipinski definition) is 1. The third-order valence-electron chi connectivity index (χ3n) is 4.98. The molecular weight excluding hydrogens is 537 g/mol. The van der Waals surface area contributed by atoms with Crippen LogP contribution in [0.25, 0.3) is 11.0 Å². The van der Waals surface area contributed by atoms with E-state index in [2.05, 4.69) is 19.4 Å². The third kappa shape index (κ3) is 6.47. The van der Waals surface area contributed by atoms with Crippen LogP contribution in [-0.4, -0.2) is 46.4 Å². The Morgan fingerprint density at radius 3 is 2.11 bits per heavy atom. The van der Waals surface area contributed by atoms with Gasteiger partial charge in [-0.2, -0.15) is 0 Å². The van der Waals surface area contributed by atoms with Gasteiger partial charge < -0.3 is 4.74 Å². The zero-order valence-electron chi connectivity index (χ0n) is 19.1. The highest BCUT2D eigenvalue weighted by molar-refractivity contribution is 7.90. The molecule has 1 heterocycles. The topological polar surface area (TPSA) is 132 Å². The molecule has 0 atom stereocenters. The molecule has 1 aromatic heterocycles. The molecule has 0 spiro atoms. The number of benzene rings is 2. The molecule has 0 amide bonds. The normalized spacial score (nSPS) is 12.3. The second-order valence-corrected chi connectivity index (χ2v) is 12.4. The Bertz CT molecular complexity index is 1480. The maximum absolute atomic E-state index is 13.3. The van der Waals surface area contributed by atoms with E-state index < -0.39 is 31.6 Å². The van der Waals surface area contributed by atoms with Crippen molar-refractivity contribution in [2.24, 2.45) is 0 Å². The molecule has 0 saturated carbocycles. The largest absolute Gasteiger partial charge is 0.469 e. The van der Waals surface area contributed by atoms with Gasteiger partial charge in [-0.1, -0.05) is 49.2 Å². The average Bonchev–Trinajstić information content (AvgIpc) is 2.78. The van der Waals surface area contributed by atoms with Gasteiger partial charge in [0.15, 0.2) is 5.03 Å². The fourth-order valence-electron chi connectivity index (χ4n) is 3.18. The van der Waals surface area contributed by atoms with Crippen LogP contribution in [0.4, 0.5) is 0 Å². The number of esters is 1. The standard InChI is InChI=1S/C22H23Cl2N3O6S2/c1-13(2)21-22(27-19-11-17(24)16(23)10-18(19)26-21)34(29,30)12-14-4-6-15(7-5-14)35(31,32)25-9-8-20(28)33-3/h4-7,10-11,13,25H,8-9,12H2,1-3H3. The van der Waals surface area contributed by atoms with Crippen molar-refractivity contribution in [1.82, 2.24) is 14.7 Å². The number of hydrogen-bond acceptors (Lipinski definition) is 8. The minimum atomic E-state index is -3.94. The second-order valence-electron chi connectivity index (χ2n) is 7.95. The van der Waals surface area contributed by atoms with Gasteiger partial charge in [-0.05, 0) is 35.7 Å². The fraction of sp³-hybridized carbons (Fsp3) is 0.318. The summed E-state index contributed by atoms with van der Waals surface area (Å²) in [5.74, 6) is -1.20. The molecule has 0 bridgehead atoms. The lowest BCUT2D eigenvalue weighted by Gasteiger charge is -2.14. The van der Waals surface area contributed by atoms with Gasteiger partial charge in [0.2, 0.25) is 19.9 Å². The van der Waals surface area contributed by atoms with Gasteiger partial charge in [-0.3, -0.25) is 4.79 Å². The summed E-state index contributed by atoms with van der Waals surface area (Å²) >= 11 is 12.1. The van der Waals surface area contributed by atoms with Gasteiger partial charge in [-0.15, -0.1) is 0 Å². The number of sulfone groups is 1. The molecule has 0 aliphatic heterocycles. The molecule has 0 aliphatic rings. The predicted molar refractivity (Wildman–Crippen MR) is 133 cm³/mol. The average molecular weight is 560 g/mol. The Labute approximate surface area is 213 Å². The van der Waals surface area contributed by atoms with Crippen LogP contribution in [-0.2, 0) is 35.1 Å². The summed E-state index contributed by atoms with van der Waals surface area (Å²) in [6.07, 6.45) is -0.117. The molecule has 2 aromatic carbocycles. The number of carbonyl (C=O) groups excluding carboxylic acids is 1. The number of sulfonamides is 1. The Morgan fingerprint density at radius 1 is 1.00 bits per heavy atom. The number of nitrogens with one attached hydrogen (secondary N) is 1. The molecule has 0 radical (unpaired) electrons.